The van der Waals surface area contributed by atoms with Crippen LogP contribution in [0, 0.1) is 0 Å². The van der Waals surface area contributed by atoms with Crippen molar-refractivity contribution in [2.24, 2.45) is 0 Å². The summed E-state index contributed by atoms with van der Waals surface area (Å²) in [6.45, 7) is 4.00. The molecule has 0 spiro atoms. The van der Waals surface area contributed by atoms with Crippen molar-refractivity contribution in [3.63, 3.8) is 0 Å². The van der Waals surface area contributed by atoms with E-state index in [0.29, 0.717) is 0 Å². The number of carbonyl (C=O) groups excluding carboxylic acids is 1. The fraction of sp³-hybridized carbons (Fsp3) is 0.286. The lowest BCUT2D eigenvalue weighted by Crippen LogP contribution is -2.35. The molecule has 0 bridgehead atoms. The van der Waals surface area contributed by atoms with Crippen LogP contribution in [0.1, 0.15) is 20.3 Å². The van der Waals surface area contributed by atoms with Gasteiger partial charge in [-0.2, -0.15) is 5.10 Å². The molecule has 1 heterocycles. The van der Waals surface area contributed by atoms with Crippen LogP contribution < -0.4 is 10.6 Å². The van der Waals surface area contributed by atoms with E-state index >= 15 is 0 Å². The molecule has 0 aliphatic carbocycles. The van der Waals surface area contributed by atoms with Gasteiger partial charge in [-0.25, -0.2) is 9.48 Å². The zero-order valence-electron chi connectivity index (χ0n) is 11.1. The Hall–Kier alpha value is -2.30. The molecule has 19 heavy (non-hydrogen) atoms. The van der Waals surface area contributed by atoms with Gasteiger partial charge >= 0.3 is 6.03 Å². The van der Waals surface area contributed by atoms with Crippen molar-refractivity contribution in [1.29, 1.82) is 0 Å². The number of anilines is 1. The summed E-state index contributed by atoms with van der Waals surface area (Å²) in [5, 5.41) is 9.90. The van der Waals surface area contributed by atoms with Gasteiger partial charge in [0.15, 0.2) is 0 Å². The van der Waals surface area contributed by atoms with E-state index in [9.17, 15) is 4.79 Å². The summed E-state index contributed by atoms with van der Waals surface area (Å²) in [5.41, 5.74) is 1.57. The van der Waals surface area contributed by atoms with Crippen molar-refractivity contribution >= 4 is 11.7 Å². The van der Waals surface area contributed by atoms with Crippen molar-refractivity contribution in [3.05, 3.63) is 42.7 Å². The Bertz CT molecular complexity index is 536. The average Bonchev–Trinajstić information content (AvgIpc) is 2.93. The maximum absolute atomic E-state index is 11.9. The summed E-state index contributed by atoms with van der Waals surface area (Å²) in [7, 11) is 0. The molecule has 1 aromatic carbocycles. The minimum Gasteiger partial charge on any atom is -0.335 e. The summed E-state index contributed by atoms with van der Waals surface area (Å²) < 4.78 is 1.72. The summed E-state index contributed by atoms with van der Waals surface area (Å²) in [4.78, 5) is 11.9. The molecule has 5 nitrogen and oxygen atoms in total. The molecule has 2 aromatic rings. The minimum atomic E-state index is -0.200. The Morgan fingerprint density at radius 3 is 2.84 bits per heavy atom. The highest BCUT2D eigenvalue weighted by Crippen LogP contribution is 2.18. The van der Waals surface area contributed by atoms with Gasteiger partial charge in [-0.3, -0.25) is 0 Å². The topological polar surface area (TPSA) is 59.0 Å². The molecule has 1 atom stereocenters. The number of carbonyl (C=O) groups is 1. The largest absolute Gasteiger partial charge is 0.335 e. The second-order valence-electron chi connectivity index (χ2n) is 4.38. The summed E-state index contributed by atoms with van der Waals surface area (Å²) >= 11 is 0. The van der Waals surface area contributed by atoms with Crippen LogP contribution >= 0.6 is 0 Å². The molecular formula is C14H18N4O. The fourth-order valence-corrected chi connectivity index (χ4v) is 1.67. The summed E-state index contributed by atoms with van der Waals surface area (Å²) in [5.74, 6) is 0. The number of rotatable bonds is 4. The van der Waals surface area contributed by atoms with Crippen molar-refractivity contribution in [2.75, 3.05) is 5.32 Å². The van der Waals surface area contributed by atoms with Gasteiger partial charge in [-0.1, -0.05) is 19.1 Å². The van der Waals surface area contributed by atoms with Crippen LogP contribution in [0.3, 0.4) is 0 Å². The first-order valence-electron chi connectivity index (χ1n) is 6.37. The highest BCUT2D eigenvalue weighted by Gasteiger charge is 2.09. The SMILES string of the molecule is CCC(C)NC(=O)Nc1ccccc1-n1cccn1. The fourth-order valence-electron chi connectivity index (χ4n) is 1.67. The first-order valence-corrected chi connectivity index (χ1v) is 6.37. The quantitative estimate of drug-likeness (QED) is 0.886. The minimum absolute atomic E-state index is 0.150. The van der Waals surface area contributed by atoms with Gasteiger partial charge < -0.3 is 10.6 Å². The zero-order valence-corrected chi connectivity index (χ0v) is 11.1. The summed E-state index contributed by atoms with van der Waals surface area (Å²) in [6.07, 6.45) is 4.44. The second-order valence-corrected chi connectivity index (χ2v) is 4.38. The maximum atomic E-state index is 11.9. The van der Waals surface area contributed by atoms with E-state index in [2.05, 4.69) is 15.7 Å². The Balaban J connectivity index is 2.15. The van der Waals surface area contributed by atoms with Gasteiger partial charge in [-0.05, 0) is 31.5 Å². The molecule has 2 amide bonds. The van der Waals surface area contributed by atoms with Gasteiger partial charge in [0.05, 0.1) is 11.4 Å². The first kappa shape index (κ1) is 13.1. The number of nitrogens with one attached hydrogen (secondary N) is 2. The first-order chi connectivity index (χ1) is 9.20. The highest BCUT2D eigenvalue weighted by molar-refractivity contribution is 5.91. The van der Waals surface area contributed by atoms with Crippen LogP contribution in [0.5, 0.6) is 0 Å². The second kappa shape index (κ2) is 6.04. The van der Waals surface area contributed by atoms with E-state index in [0.717, 1.165) is 17.8 Å². The number of para-hydroxylation sites is 2. The number of benzene rings is 1. The van der Waals surface area contributed by atoms with Crippen LogP contribution in [-0.2, 0) is 0 Å². The molecule has 0 saturated carbocycles. The molecule has 5 heteroatoms. The van der Waals surface area contributed by atoms with Crippen LogP contribution in [0.4, 0.5) is 10.5 Å². The molecule has 0 radical (unpaired) electrons. The molecule has 1 aromatic heterocycles. The third-order valence-corrected chi connectivity index (χ3v) is 2.89. The van der Waals surface area contributed by atoms with Gasteiger partial charge in [-0.15, -0.1) is 0 Å². The maximum Gasteiger partial charge on any atom is 0.319 e. The zero-order chi connectivity index (χ0) is 13.7. The van der Waals surface area contributed by atoms with Gasteiger partial charge in [0, 0.05) is 18.4 Å². The number of hydrogen-bond acceptors (Lipinski definition) is 2. The number of urea groups is 1. The monoisotopic (exact) mass is 258 g/mol. The van der Waals surface area contributed by atoms with Crippen molar-refractivity contribution in [1.82, 2.24) is 15.1 Å². The third-order valence-electron chi connectivity index (χ3n) is 2.89. The van der Waals surface area contributed by atoms with E-state index in [1.54, 1.807) is 10.9 Å². The molecule has 2 N–H and O–H groups in total. The predicted molar refractivity (Wildman–Crippen MR) is 75.5 cm³/mol. The molecule has 0 aliphatic heterocycles. The molecule has 0 aliphatic rings. The molecule has 0 fully saturated rings. The van der Waals surface area contributed by atoms with Gasteiger partial charge in [0.25, 0.3) is 0 Å². The van der Waals surface area contributed by atoms with Crippen molar-refractivity contribution in [3.8, 4) is 5.69 Å². The van der Waals surface area contributed by atoms with Crippen molar-refractivity contribution < 1.29 is 4.79 Å². The van der Waals surface area contributed by atoms with E-state index < -0.39 is 0 Å². The van der Waals surface area contributed by atoms with Crippen LogP contribution in [-0.4, -0.2) is 21.9 Å². The molecule has 2 rings (SSSR count). The van der Waals surface area contributed by atoms with E-state index in [1.807, 2.05) is 50.4 Å². The standard InChI is InChI=1S/C14H18N4O/c1-3-11(2)16-14(19)17-12-7-4-5-8-13(12)18-10-6-9-15-18/h4-11H,3H2,1-2H3,(H2,16,17,19). The Morgan fingerprint density at radius 2 is 2.16 bits per heavy atom. The Labute approximate surface area is 112 Å². The number of nitrogens with zero attached hydrogens (tertiary/aromatic N) is 2. The van der Waals surface area contributed by atoms with E-state index in [-0.39, 0.29) is 12.1 Å². The van der Waals surface area contributed by atoms with Gasteiger partial charge in [0.1, 0.15) is 0 Å². The lowest BCUT2D eigenvalue weighted by atomic mass is 10.2. The number of hydrogen-bond donors (Lipinski definition) is 2. The average molecular weight is 258 g/mol. The Morgan fingerprint density at radius 1 is 1.37 bits per heavy atom. The van der Waals surface area contributed by atoms with E-state index in [4.69, 9.17) is 0 Å². The highest BCUT2D eigenvalue weighted by atomic mass is 16.2. The van der Waals surface area contributed by atoms with Crippen LogP contribution in [0.2, 0.25) is 0 Å². The normalized spacial score (nSPS) is 11.9. The van der Waals surface area contributed by atoms with Crippen molar-refractivity contribution in [2.45, 2.75) is 26.3 Å². The molecule has 1 unspecified atom stereocenters. The van der Waals surface area contributed by atoms with E-state index in [1.165, 1.54) is 0 Å². The molecule has 100 valence electrons. The number of aromatic nitrogens is 2. The lowest BCUT2D eigenvalue weighted by Gasteiger charge is -2.14. The lowest BCUT2D eigenvalue weighted by molar-refractivity contribution is 0.249. The molecular weight excluding hydrogens is 240 g/mol. The number of amides is 2. The third kappa shape index (κ3) is 3.34. The smallest absolute Gasteiger partial charge is 0.319 e. The van der Waals surface area contributed by atoms with Crippen LogP contribution in [0.15, 0.2) is 42.7 Å². The van der Waals surface area contributed by atoms with Gasteiger partial charge in [0.2, 0.25) is 0 Å². The predicted octanol–water partition coefficient (Wildman–Crippen LogP) is 2.79. The molecule has 0 saturated heterocycles. The summed E-state index contributed by atoms with van der Waals surface area (Å²) in [6, 6.07) is 9.35. The van der Waals surface area contributed by atoms with Crippen LogP contribution in [0.25, 0.3) is 5.69 Å². The Kier molecular flexibility index (Phi) is 4.18.